The zero-order chi connectivity index (χ0) is 11.6. The molecular weight excluding hydrogens is 216 g/mol. The minimum absolute atomic E-state index is 0.0829. The van der Waals surface area contributed by atoms with E-state index in [1.54, 1.807) is 19.1 Å². The van der Waals surface area contributed by atoms with E-state index in [1.165, 1.54) is 20.2 Å². The number of hydrogen-bond acceptors (Lipinski definition) is 3. The Balaban J connectivity index is 3.11. The smallest absolute Gasteiger partial charge is 0.301 e. The molecule has 6 heteroatoms. The predicted octanol–water partition coefficient (Wildman–Crippen LogP) is 0.919. The van der Waals surface area contributed by atoms with E-state index in [9.17, 15) is 13.5 Å². The fraction of sp³-hybridized carbons (Fsp3) is 0.333. The first-order valence-corrected chi connectivity index (χ1v) is 5.77. The number of aromatic hydroxyl groups is 1. The largest absolute Gasteiger partial charge is 0.506 e. The maximum Gasteiger partial charge on any atom is 0.301 e. The lowest BCUT2D eigenvalue weighted by molar-refractivity contribution is 0.476. The van der Waals surface area contributed by atoms with Gasteiger partial charge in [-0.15, -0.1) is 0 Å². The summed E-state index contributed by atoms with van der Waals surface area (Å²) in [5.41, 5.74) is 0.881. The summed E-state index contributed by atoms with van der Waals surface area (Å²) in [7, 11) is -0.744. The van der Waals surface area contributed by atoms with Crippen molar-refractivity contribution in [2.24, 2.45) is 0 Å². The molecule has 0 spiro atoms. The molecule has 1 aromatic carbocycles. The number of anilines is 1. The molecule has 15 heavy (non-hydrogen) atoms. The van der Waals surface area contributed by atoms with Gasteiger partial charge in [0, 0.05) is 14.1 Å². The van der Waals surface area contributed by atoms with E-state index in [-0.39, 0.29) is 11.4 Å². The van der Waals surface area contributed by atoms with Gasteiger partial charge in [-0.2, -0.15) is 12.7 Å². The third kappa shape index (κ3) is 2.60. The van der Waals surface area contributed by atoms with Crippen molar-refractivity contribution in [1.29, 1.82) is 0 Å². The van der Waals surface area contributed by atoms with Gasteiger partial charge in [0.25, 0.3) is 0 Å². The molecule has 0 aliphatic carbocycles. The first-order chi connectivity index (χ1) is 6.84. The number of aryl methyl sites for hydroxylation is 1. The topological polar surface area (TPSA) is 69.6 Å². The van der Waals surface area contributed by atoms with E-state index in [4.69, 9.17) is 0 Å². The molecule has 84 valence electrons. The van der Waals surface area contributed by atoms with Crippen LogP contribution in [0.4, 0.5) is 5.69 Å². The van der Waals surface area contributed by atoms with Crippen molar-refractivity contribution in [2.45, 2.75) is 6.92 Å². The fourth-order valence-electron chi connectivity index (χ4n) is 1.01. The van der Waals surface area contributed by atoms with Crippen LogP contribution in [-0.2, 0) is 10.2 Å². The van der Waals surface area contributed by atoms with Crippen LogP contribution in [0.2, 0.25) is 0 Å². The minimum atomic E-state index is -3.57. The molecule has 0 saturated carbocycles. The normalized spacial score (nSPS) is 11.7. The van der Waals surface area contributed by atoms with E-state index < -0.39 is 10.2 Å². The van der Waals surface area contributed by atoms with Gasteiger partial charge in [0.05, 0.1) is 5.69 Å². The number of rotatable bonds is 3. The van der Waals surface area contributed by atoms with E-state index in [2.05, 4.69) is 4.72 Å². The van der Waals surface area contributed by atoms with Crippen LogP contribution in [0.3, 0.4) is 0 Å². The van der Waals surface area contributed by atoms with E-state index in [0.29, 0.717) is 5.56 Å². The molecule has 0 amide bonds. The van der Waals surface area contributed by atoms with Gasteiger partial charge in [-0.1, -0.05) is 12.1 Å². The van der Waals surface area contributed by atoms with Gasteiger partial charge >= 0.3 is 10.2 Å². The molecule has 2 N–H and O–H groups in total. The van der Waals surface area contributed by atoms with Gasteiger partial charge in [0.2, 0.25) is 0 Å². The Morgan fingerprint density at radius 1 is 1.33 bits per heavy atom. The molecule has 0 bridgehead atoms. The second-order valence-electron chi connectivity index (χ2n) is 3.36. The average Bonchev–Trinajstić information content (AvgIpc) is 2.11. The highest BCUT2D eigenvalue weighted by molar-refractivity contribution is 7.90. The summed E-state index contributed by atoms with van der Waals surface area (Å²) < 4.78 is 26.4. The van der Waals surface area contributed by atoms with Crippen molar-refractivity contribution >= 4 is 15.9 Å². The van der Waals surface area contributed by atoms with Crippen molar-refractivity contribution in [1.82, 2.24) is 4.31 Å². The molecule has 0 aromatic heterocycles. The summed E-state index contributed by atoms with van der Waals surface area (Å²) in [4.78, 5) is 0. The monoisotopic (exact) mass is 230 g/mol. The van der Waals surface area contributed by atoms with Crippen LogP contribution in [-0.4, -0.2) is 31.9 Å². The number of nitrogens with zero attached hydrogens (tertiary/aromatic N) is 1. The standard InChI is InChI=1S/C9H14N2O3S/c1-7-5-4-6-8(12)9(7)10-15(13,14)11(2)3/h4-6,10,12H,1-3H3. The van der Waals surface area contributed by atoms with Crippen molar-refractivity contribution in [3.05, 3.63) is 23.8 Å². The van der Waals surface area contributed by atoms with Gasteiger partial charge < -0.3 is 5.11 Å². The lowest BCUT2D eigenvalue weighted by atomic mass is 10.2. The molecule has 0 aliphatic rings. The first kappa shape index (κ1) is 11.8. The summed E-state index contributed by atoms with van der Waals surface area (Å²) in [6.07, 6.45) is 0. The number of benzene rings is 1. The zero-order valence-corrected chi connectivity index (χ0v) is 9.67. The highest BCUT2D eigenvalue weighted by Crippen LogP contribution is 2.27. The maximum atomic E-state index is 11.5. The van der Waals surface area contributed by atoms with Gasteiger partial charge in [-0.25, -0.2) is 0 Å². The molecule has 0 unspecified atom stereocenters. The maximum absolute atomic E-state index is 11.5. The predicted molar refractivity (Wildman–Crippen MR) is 59.1 cm³/mol. The van der Waals surface area contributed by atoms with Crippen LogP contribution in [0, 0.1) is 6.92 Å². The molecular formula is C9H14N2O3S. The Kier molecular flexibility index (Phi) is 3.21. The van der Waals surface area contributed by atoms with Crippen LogP contribution >= 0.6 is 0 Å². The summed E-state index contributed by atoms with van der Waals surface area (Å²) in [6, 6.07) is 4.80. The third-order valence-corrected chi connectivity index (χ3v) is 3.39. The molecule has 0 saturated heterocycles. The molecule has 0 radical (unpaired) electrons. The molecule has 5 nitrogen and oxygen atoms in total. The van der Waals surface area contributed by atoms with Crippen LogP contribution < -0.4 is 4.72 Å². The van der Waals surface area contributed by atoms with E-state index >= 15 is 0 Å². The molecule has 0 atom stereocenters. The van der Waals surface area contributed by atoms with Gasteiger partial charge in [-0.05, 0) is 18.6 Å². The number of phenols is 1. The average molecular weight is 230 g/mol. The lowest BCUT2D eigenvalue weighted by Gasteiger charge is -2.15. The molecule has 0 fully saturated rings. The number of nitrogens with one attached hydrogen (secondary N) is 1. The summed E-state index contributed by atoms with van der Waals surface area (Å²) >= 11 is 0. The van der Waals surface area contributed by atoms with Crippen LogP contribution in [0.1, 0.15) is 5.56 Å². The number of phenolic OH excluding ortho intramolecular Hbond substituents is 1. The second kappa shape index (κ2) is 4.08. The number of para-hydroxylation sites is 1. The first-order valence-electron chi connectivity index (χ1n) is 4.33. The number of hydrogen-bond donors (Lipinski definition) is 2. The van der Waals surface area contributed by atoms with Crippen molar-refractivity contribution < 1.29 is 13.5 Å². The Morgan fingerprint density at radius 2 is 1.93 bits per heavy atom. The Morgan fingerprint density at radius 3 is 2.40 bits per heavy atom. The highest BCUT2D eigenvalue weighted by atomic mass is 32.2. The van der Waals surface area contributed by atoms with Crippen molar-refractivity contribution in [2.75, 3.05) is 18.8 Å². The Bertz CT molecular complexity index is 434. The highest BCUT2D eigenvalue weighted by Gasteiger charge is 2.16. The second-order valence-corrected chi connectivity index (χ2v) is 5.24. The summed E-state index contributed by atoms with van der Waals surface area (Å²) in [6.45, 7) is 1.72. The fourth-order valence-corrected chi connectivity index (χ4v) is 1.71. The van der Waals surface area contributed by atoms with Gasteiger partial charge in [0.1, 0.15) is 5.75 Å². The third-order valence-electron chi connectivity index (χ3n) is 1.96. The quantitative estimate of drug-likeness (QED) is 0.759. The zero-order valence-electron chi connectivity index (χ0n) is 8.85. The molecule has 1 rings (SSSR count). The van der Waals surface area contributed by atoms with Gasteiger partial charge in [-0.3, -0.25) is 4.72 Å². The van der Waals surface area contributed by atoms with E-state index in [1.807, 2.05) is 0 Å². The molecule has 0 heterocycles. The molecule has 0 aliphatic heterocycles. The summed E-state index contributed by atoms with van der Waals surface area (Å²) in [5.74, 6) is -0.0829. The van der Waals surface area contributed by atoms with Crippen LogP contribution in [0.15, 0.2) is 18.2 Å². The minimum Gasteiger partial charge on any atom is -0.506 e. The molecule has 1 aromatic rings. The van der Waals surface area contributed by atoms with Crippen molar-refractivity contribution in [3.8, 4) is 5.75 Å². The van der Waals surface area contributed by atoms with Crippen LogP contribution in [0.25, 0.3) is 0 Å². The Labute approximate surface area is 89.5 Å². The SMILES string of the molecule is Cc1cccc(O)c1NS(=O)(=O)N(C)C. The van der Waals surface area contributed by atoms with E-state index in [0.717, 1.165) is 4.31 Å². The van der Waals surface area contributed by atoms with Crippen LogP contribution in [0.5, 0.6) is 5.75 Å². The Hall–Kier alpha value is -1.27. The lowest BCUT2D eigenvalue weighted by Crippen LogP contribution is -2.29. The van der Waals surface area contributed by atoms with Crippen molar-refractivity contribution in [3.63, 3.8) is 0 Å². The van der Waals surface area contributed by atoms with Gasteiger partial charge in [0.15, 0.2) is 0 Å². The summed E-state index contributed by atoms with van der Waals surface area (Å²) in [5, 5.41) is 9.49.